The molecule has 3 amide bonds. The third-order valence-corrected chi connectivity index (χ3v) is 6.20. The molecule has 0 aromatic heterocycles. The van der Waals surface area contributed by atoms with Crippen LogP contribution in [-0.4, -0.2) is 56.6 Å². The van der Waals surface area contributed by atoms with Gasteiger partial charge in [-0.1, -0.05) is 67.3 Å². The largest absolute Gasteiger partial charge is 0.461 e. The second-order valence-corrected chi connectivity index (χ2v) is 9.15. The van der Waals surface area contributed by atoms with Crippen LogP contribution in [-0.2, 0) is 37.1 Å². The van der Waals surface area contributed by atoms with Crippen molar-refractivity contribution < 1.29 is 28.7 Å². The molecule has 0 aliphatic heterocycles. The molecule has 2 aromatic carbocycles. The number of rotatable bonds is 17. The number of unbranched alkanes of at least 4 members (excludes halogenated alkanes) is 1. The molecule has 0 saturated heterocycles. The Morgan fingerprint density at radius 3 is 2.15 bits per heavy atom. The van der Waals surface area contributed by atoms with Crippen molar-refractivity contribution in [1.29, 1.82) is 0 Å². The van der Waals surface area contributed by atoms with Crippen LogP contribution < -0.4 is 21.3 Å². The van der Waals surface area contributed by atoms with Crippen LogP contribution in [0.15, 0.2) is 61.2 Å². The molecule has 2 rings (SSSR count). The van der Waals surface area contributed by atoms with Crippen molar-refractivity contribution in [3.05, 3.63) is 77.9 Å². The number of nitrogens with one attached hydrogen (secondary N) is 4. The average molecular weight is 553 g/mol. The summed E-state index contributed by atoms with van der Waals surface area (Å²) in [5.74, 6) is -1.12. The van der Waals surface area contributed by atoms with Gasteiger partial charge < -0.3 is 30.7 Å². The summed E-state index contributed by atoms with van der Waals surface area (Å²) >= 11 is 0. The van der Waals surface area contributed by atoms with E-state index in [4.69, 9.17) is 9.47 Å². The van der Waals surface area contributed by atoms with Crippen molar-refractivity contribution in [3.8, 4) is 0 Å². The van der Waals surface area contributed by atoms with E-state index >= 15 is 0 Å². The minimum atomic E-state index is -0.746. The van der Waals surface area contributed by atoms with Gasteiger partial charge in [0.25, 0.3) is 0 Å². The number of esters is 1. The number of hydrogen-bond donors (Lipinski definition) is 4. The summed E-state index contributed by atoms with van der Waals surface area (Å²) in [6, 6.07) is 15.5. The van der Waals surface area contributed by atoms with E-state index in [-0.39, 0.29) is 37.9 Å². The monoisotopic (exact) mass is 552 g/mol. The molecule has 0 radical (unpaired) electrons. The summed E-state index contributed by atoms with van der Waals surface area (Å²) < 4.78 is 10.5. The number of amides is 3. The summed E-state index contributed by atoms with van der Waals surface area (Å²) in [5, 5.41) is 10.9. The second-order valence-electron chi connectivity index (χ2n) is 9.15. The van der Waals surface area contributed by atoms with Gasteiger partial charge in [-0.2, -0.15) is 0 Å². The molecule has 0 aliphatic rings. The molecule has 2 aromatic rings. The van der Waals surface area contributed by atoms with Gasteiger partial charge >= 0.3 is 12.1 Å². The molecule has 0 bridgehead atoms. The van der Waals surface area contributed by atoms with E-state index < -0.39 is 24.1 Å². The fourth-order valence-electron chi connectivity index (χ4n) is 3.81. The Balaban J connectivity index is 1.70. The predicted octanol–water partition coefficient (Wildman–Crippen LogP) is 3.07. The predicted molar refractivity (Wildman–Crippen MR) is 153 cm³/mol. The van der Waals surface area contributed by atoms with Gasteiger partial charge in [0.15, 0.2) is 0 Å². The normalized spacial score (nSPS) is 11.9. The van der Waals surface area contributed by atoms with Gasteiger partial charge in [-0.15, -0.1) is 0 Å². The molecule has 40 heavy (non-hydrogen) atoms. The minimum absolute atomic E-state index is 0.0420. The van der Waals surface area contributed by atoms with Crippen LogP contribution in [0.25, 0.3) is 6.08 Å². The average Bonchev–Trinajstić information content (AvgIpc) is 2.98. The third-order valence-electron chi connectivity index (χ3n) is 6.20. The topological polar surface area (TPSA) is 135 Å². The highest BCUT2D eigenvalue weighted by Gasteiger charge is 2.24. The summed E-state index contributed by atoms with van der Waals surface area (Å²) in [4.78, 5) is 49.3. The summed E-state index contributed by atoms with van der Waals surface area (Å²) in [6.45, 7) is 4.41. The maximum atomic E-state index is 12.8. The first-order chi connectivity index (χ1) is 19.4. The van der Waals surface area contributed by atoms with E-state index in [2.05, 4.69) is 27.8 Å². The maximum absolute atomic E-state index is 12.8. The van der Waals surface area contributed by atoms with Crippen LogP contribution in [0.2, 0.25) is 0 Å². The van der Waals surface area contributed by atoms with Gasteiger partial charge in [-0.05, 0) is 49.4 Å². The van der Waals surface area contributed by atoms with Crippen LogP contribution in [0.3, 0.4) is 0 Å². The van der Waals surface area contributed by atoms with Gasteiger partial charge in [-0.3, -0.25) is 14.4 Å². The first-order valence-corrected chi connectivity index (χ1v) is 13.4. The molecular formula is C30H40N4O6. The molecule has 0 fully saturated rings. The zero-order valence-electron chi connectivity index (χ0n) is 23.2. The second kappa shape index (κ2) is 18.2. The third kappa shape index (κ3) is 12.1. The van der Waals surface area contributed by atoms with Crippen molar-refractivity contribution >= 4 is 30.0 Å². The van der Waals surface area contributed by atoms with E-state index in [1.54, 1.807) is 13.1 Å². The number of ether oxygens (including phenoxy) is 2. The fraction of sp³-hybridized carbons (Fsp3) is 0.400. The molecule has 0 aliphatic carbocycles. The van der Waals surface area contributed by atoms with Crippen molar-refractivity contribution in [3.63, 3.8) is 0 Å². The molecule has 4 N–H and O–H groups in total. The smallest absolute Gasteiger partial charge is 0.407 e. The highest BCUT2D eigenvalue weighted by atomic mass is 16.5. The molecule has 216 valence electrons. The number of carbonyl (C=O) groups excluding carboxylic acids is 4. The Bertz CT molecular complexity index is 1090. The highest BCUT2D eigenvalue weighted by molar-refractivity contribution is 5.89. The molecule has 10 nitrogen and oxygen atoms in total. The fourth-order valence-corrected chi connectivity index (χ4v) is 3.81. The molecular weight excluding hydrogens is 512 g/mol. The first kappa shape index (κ1) is 32.0. The molecule has 0 unspecified atom stereocenters. The molecule has 2 atom stereocenters. The number of benzene rings is 2. The van der Waals surface area contributed by atoms with Gasteiger partial charge in [0.05, 0.1) is 6.04 Å². The van der Waals surface area contributed by atoms with Crippen LogP contribution in [0.1, 0.15) is 48.8 Å². The lowest BCUT2D eigenvalue weighted by atomic mass is 10.1. The minimum Gasteiger partial charge on any atom is -0.461 e. The van der Waals surface area contributed by atoms with Gasteiger partial charge in [-0.25, -0.2) is 4.79 Å². The Morgan fingerprint density at radius 1 is 0.825 bits per heavy atom. The summed E-state index contributed by atoms with van der Waals surface area (Å²) in [6.07, 6.45) is 3.04. The van der Waals surface area contributed by atoms with E-state index in [1.165, 1.54) is 7.05 Å². The van der Waals surface area contributed by atoms with Crippen molar-refractivity contribution in [1.82, 2.24) is 21.3 Å². The Labute approximate surface area is 235 Å². The van der Waals surface area contributed by atoms with Crippen molar-refractivity contribution in [2.75, 3.05) is 20.6 Å². The maximum Gasteiger partial charge on any atom is 0.407 e. The summed E-state index contributed by atoms with van der Waals surface area (Å²) in [7, 11) is 3.12. The van der Waals surface area contributed by atoms with E-state index in [9.17, 15) is 19.2 Å². The Hall–Kier alpha value is -4.18. The van der Waals surface area contributed by atoms with Gasteiger partial charge in [0.1, 0.15) is 19.3 Å². The number of hydrogen-bond acceptors (Lipinski definition) is 7. The van der Waals surface area contributed by atoms with Crippen molar-refractivity contribution in [2.45, 2.75) is 57.4 Å². The Morgan fingerprint density at radius 2 is 1.50 bits per heavy atom. The SMILES string of the molecule is C=Cc1ccc(COC(=O)CC[C@H](NC)C(=O)N[C@@H](CCCCNC(=O)OCc2ccccc2)C(=O)NC)cc1. The van der Waals surface area contributed by atoms with Crippen LogP contribution in [0.4, 0.5) is 4.79 Å². The van der Waals surface area contributed by atoms with Crippen molar-refractivity contribution in [2.24, 2.45) is 0 Å². The molecule has 0 saturated carbocycles. The number of carbonyl (C=O) groups is 4. The lowest BCUT2D eigenvalue weighted by molar-refractivity contribution is -0.145. The molecule has 0 spiro atoms. The van der Waals surface area contributed by atoms with Crippen LogP contribution >= 0.6 is 0 Å². The Kier molecular flexibility index (Phi) is 14.6. The van der Waals surface area contributed by atoms with E-state index in [0.29, 0.717) is 25.8 Å². The van der Waals surface area contributed by atoms with Gasteiger partial charge in [0.2, 0.25) is 11.8 Å². The summed E-state index contributed by atoms with van der Waals surface area (Å²) in [5.41, 5.74) is 2.73. The zero-order chi connectivity index (χ0) is 29.2. The van der Waals surface area contributed by atoms with E-state index in [1.807, 2.05) is 54.6 Å². The number of likely N-dealkylation sites (N-methyl/N-ethyl adjacent to an activating group) is 2. The lowest BCUT2D eigenvalue weighted by Gasteiger charge is -2.21. The van der Waals surface area contributed by atoms with E-state index in [0.717, 1.165) is 16.7 Å². The lowest BCUT2D eigenvalue weighted by Crippen LogP contribution is -2.51. The van der Waals surface area contributed by atoms with Crippen LogP contribution in [0, 0.1) is 0 Å². The first-order valence-electron chi connectivity index (χ1n) is 13.4. The van der Waals surface area contributed by atoms with Crippen LogP contribution in [0.5, 0.6) is 0 Å². The quantitative estimate of drug-likeness (QED) is 0.175. The standard InChI is InChI=1S/C30H40N4O6/c1-4-22-13-15-24(16-14-22)20-39-27(35)18-17-25(31-2)29(37)34-26(28(36)32-3)12-8-9-19-33-30(38)40-21-23-10-6-5-7-11-23/h4-7,10-11,13-16,25-26,31H,1,8-9,12,17-21H2,2-3H3,(H,32,36)(H,33,38)(H,34,37)/t25-,26-/m0/s1. The molecule has 10 heteroatoms. The zero-order valence-corrected chi connectivity index (χ0v) is 23.2. The highest BCUT2D eigenvalue weighted by Crippen LogP contribution is 2.09. The van der Waals surface area contributed by atoms with Gasteiger partial charge in [0, 0.05) is 20.0 Å². The molecule has 0 heterocycles. The number of alkyl carbamates (subject to hydrolysis) is 1.